The molecule has 0 aliphatic carbocycles. The first kappa shape index (κ1) is 20.4. The van der Waals surface area contributed by atoms with E-state index in [9.17, 15) is 13.3 Å². The van der Waals surface area contributed by atoms with E-state index >= 15 is 0 Å². The summed E-state index contributed by atoms with van der Waals surface area (Å²) in [5.74, 6) is 0. The van der Waals surface area contributed by atoms with Crippen molar-refractivity contribution in [3.8, 4) is 0 Å². The number of nitrogens with zero attached hydrogens (tertiary/aromatic N) is 1. The molecule has 2 atom stereocenters. The molecular formula is C12H27F2NO3P2. The van der Waals surface area contributed by atoms with Gasteiger partial charge in [0.25, 0.3) is 0 Å². The van der Waals surface area contributed by atoms with Crippen LogP contribution in [0.3, 0.4) is 0 Å². The van der Waals surface area contributed by atoms with E-state index in [1.54, 1.807) is 11.6 Å². The number of hydrogen-bond donors (Lipinski definition) is 0. The highest BCUT2D eigenvalue weighted by Gasteiger charge is 2.43. The first-order valence-corrected chi connectivity index (χ1v) is 10.4. The minimum atomic E-state index is -3.39. The molecule has 0 saturated heterocycles. The maximum Gasteiger partial charge on any atom is 0.327 e. The Hall–Kier alpha value is 0.400. The molecule has 0 aliphatic heterocycles. The third-order valence-corrected chi connectivity index (χ3v) is 6.73. The van der Waals surface area contributed by atoms with Crippen LogP contribution < -0.4 is 0 Å². The monoisotopic (exact) mass is 333 g/mol. The van der Waals surface area contributed by atoms with Crippen molar-refractivity contribution in [1.82, 2.24) is 4.67 Å². The molecule has 0 amide bonds. The van der Waals surface area contributed by atoms with Crippen molar-refractivity contribution in [3.05, 3.63) is 0 Å². The van der Waals surface area contributed by atoms with Gasteiger partial charge in [-0.05, 0) is 41.3 Å². The van der Waals surface area contributed by atoms with Gasteiger partial charge >= 0.3 is 13.3 Å². The summed E-state index contributed by atoms with van der Waals surface area (Å²) >= 11 is 0. The fraction of sp³-hybridized carbons (Fsp3) is 1.00. The van der Waals surface area contributed by atoms with Gasteiger partial charge in [-0.2, -0.15) is 8.78 Å². The molecule has 0 fully saturated rings. The zero-order valence-corrected chi connectivity index (χ0v) is 15.2. The molecular weight excluding hydrogens is 306 g/mol. The molecule has 0 N–H and O–H groups in total. The molecule has 2 unspecified atom stereocenters. The number of hydrogen-bond acceptors (Lipinski definition) is 4. The van der Waals surface area contributed by atoms with E-state index in [0.29, 0.717) is 0 Å². The lowest BCUT2D eigenvalue weighted by molar-refractivity contribution is 0.0271. The van der Waals surface area contributed by atoms with Gasteiger partial charge in [-0.25, -0.2) is 0 Å². The molecule has 0 aromatic rings. The van der Waals surface area contributed by atoms with Crippen LogP contribution in [0.15, 0.2) is 0 Å². The standard InChI is InChI=1S/C12H27F2NO3P2/c1-8-17-20(7,16)18-9-12(13,14)19(6)15(10(2)3)11(4)5/h10-11H,8-9H2,1-7H3. The predicted octanol–water partition coefficient (Wildman–Crippen LogP) is 4.60. The van der Waals surface area contributed by atoms with Crippen molar-refractivity contribution in [2.45, 2.75) is 52.4 Å². The molecule has 8 heteroatoms. The summed E-state index contributed by atoms with van der Waals surface area (Å²) in [6.45, 7) is 11.2. The van der Waals surface area contributed by atoms with E-state index in [1.165, 1.54) is 13.3 Å². The van der Waals surface area contributed by atoms with E-state index in [4.69, 9.17) is 9.05 Å². The first-order chi connectivity index (χ1) is 8.94. The summed E-state index contributed by atoms with van der Waals surface area (Å²) in [4.78, 5) is 0. The van der Waals surface area contributed by atoms with Gasteiger partial charge in [0.15, 0.2) is 0 Å². The second kappa shape index (κ2) is 8.14. The molecule has 0 radical (unpaired) electrons. The molecule has 0 aliphatic rings. The van der Waals surface area contributed by atoms with Crippen LogP contribution in [0.1, 0.15) is 34.6 Å². The van der Waals surface area contributed by atoms with Crippen LogP contribution >= 0.6 is 15.7 Å². The Morgan fingerprint density at radius 1 is 1.20 bits per heavy atom. The lowest BCUT2D eigenvalue weighted by atomic mass is 10.3. The zero-order valence-electron chi connectivity index (χ0n) is 13.4. The van der Waals surface area contributed by atoms with Crippen molar-refractivity contribution in [3.63, 3.8) is 0 Å². The second-order valence-corrected chi connectivity index (χ2v) is 9.44. The molecule has 4 nitrogen and oxygen atoms in total. The Balaban J connectivity index is 4.81. The molecule has 0 aromatic carbocycles. The Morgan fingerprint density at radius 3 is 2.00 bits per heavy atom. The van der Waals surface area contributed by atoms with Crippen molar-refractivity contribution in [2.24, 2.45) is 0 Å². The van der Waals surface area contributed by atoms with Gasteiger partial charge in [-0.15, -0.1) is 0 Å². The number of halogens is 2. The molecule has 0 aromatic heterocycles. The van der Waals surface area contributed by atoms with Gasteiger partial charge in [0.1, 0.15) is 6.61 Å². The number of alkyl halides is 2. The average molecular weight is 333 g/mol. The van der Waals surface area contributed by atoms with Crippen molar-refractivity contribution >= 4 is 15.7 Å². The van der Waals surface area contributed by atoms with Crippen LogP contribution in [0.5, 0.6) is 0 Å². The highest BCUT2D eigenvalue weighted by molar-refractivity contribution is 7.56. The highest BCUT2D eigenvalue weighted by Crippen LogP contribution is 2.56. The fourth-order valence-corrected chi connectivity index (χ4v) is 5.04. The van der Waals surface area contributed by atoms with Crippen LogP contribution in [-0.2, 0) is 13.6 Å². The molecule has 0 saturated carbocycles. The lowest BCUT2D eigenvalue weighted by Crippen LogP contribution is -2.38. The third kappa shape index (κ3) is 6.44. The quantitative estimate of drug-likeness (QED) is 0.578. The summed E-state index contributed by atoms with van der Waals surface area (Å²) < 4.78 is 51.7. The minimum absolute atomic E-state index is 0.0114. The molecule has 122 valence electrons. The Bertz CT molecular complexity index is 333. The van der Waals surface area contributed by atoms with Gasteiger partial charge in [0.05, 0.1) is 6.61 Å². The van der Waals surface area contributed by atoms with E-state index in [-0.39, 0.29) is 18.7 Å². The normalized spacial score (nSPS) is 17.8. The SMILES string of the molecule is CCOP(C)(=O)OCC(F)(F)P(C)N(C(C)C)C(C)C. The topological polar surface area (TPSA) is 38.8 Å². The minimum Gasteiger partial charge on any atom is -0.309 e. The van der Waals surface area contributed by atoms with Crippen LogP contribution in [0.25, 0.3) is 0 Å². The van der Waals surface area contributed by atoms with Gasteiger partial charge in [0.2, 0.25) is 0 Å². The van der Waals surface area contributed by atoms with Crippen molar-refractivity contribution in [1.29, 1.82) is 0 Å². The predicted molar refractivity (Wildman–Crippen MR) is 81.0 cm³/mol. The maximum atomic E-state index is 14.2. The lowest BCUT2D eigenvalue weighted by Gasteiger charge is -2.39. The van der Waals surface area contributed by atoms with E-state index in [1.807, 2.05) is 27.7 Å². The van der Waals surface area contributed by atoms with Gasteiger partial charge < -0.3 is 9.05 Å². The zero-order chi connectivity index (χ0) is 16.1. The van der Waals surface area contributed by atoms with Gasteiger partial charge in [-0.3, -0.25) is 9.24 Å². The van der Waals surface area contributed by atoms with E-state index in [0.717, 1.165) is 0 Å². The highest BCUT2D eigenvalue weighted by atomic mass is 31.2. The van der Waals surface area contributed by atoms with Gasteiger partial charge in [-0.1, -0.05) is 0 Å². The summed E-state index contributed by atoms with van der Waals surface area (Å²) in [7, 11) is -5.12. The summed E-state index contributed by atoms with van der Waals surface area (Å²) in [5, 5.41) is 0. The molecule has 20 heavy (non-hydrogen) atoms. The average Bonchev–Trinajstić information content (AvgIpc) is 2.25. The van der Waals surface area contributed by atoms with Crippen LogP contribution in [0, 0.1) is 0 Å². The third-order valence-electron chi connectivity index (χ3n) is 2.71. The fourth-order valence-electron chi connectivity index (χ4n) is 2.02. The first-order valence-electron chi connectivity index (χ1n) is 6.71. The van der Waals surface area contributed by atoms with Crippen molar-refractivity contribution < 1.29 is 22.4 Å². The Kier molecular flexibility index (Phi) is 8.31. The molecule has 0 heterocycles. The Labute approximate surface area is 122 Å². The largest absolute Gasteiger partial charge is 0.327 e. The molecule has 0 rings (SSSR count). The van der Waals surface area contributed by atoms with Crippen molar-refractivity contribution in [2.75, 3.05) is 26.5 Å². The summed E-state index contributed by atoms with van der Waals surface area (Å²) in [6.07, 6.45) is 0. The van der Waals surface area contributed by atoms with Gasteiger partial charge in [0, 0.05) is 26.8 Å². The number of rotatable bonds is 9. The second-order valence-electron chi connectivity index (χ2n) is 5.22. The molecule has 0 bridgehead atoms. The smallest absolute Gasteiger partial charge is 0.309 e. The van der Waals surface area contributed by atoms with E-state index < -0.39 is 27.9 Å². The molecule has 0 spiro atoms. The van der Waals surface area contributed by atoms with E-state index in [2.05, 4.69) is 0 Å². The maximum absolute atomic E-state index is 14.2. The summed E-state index contributed by atoms with van der Waals surface area (Å²) in [6, 6.07) is 0.0228. The summed E-state index contributed by atoms with van der Waals surface area (Å²) in [5.41, 5.74) is -3.04. The van der Waals surface area contributed by atoms with Crippen LogP contribution in [0.2, 0.25) is 0 Å². The Morgan fingerprint density at radius 2 is 1.65 bits per heavy atom. The van der Waals surface area contributed by atoms with Crippen LogP contribution in [-0.4, -0.2) is 49.0 Å². The van der Waals surface area contributed by atoms with Crippen LogP contribution in [0.4, 0.5) is 8.78 Å².